The molecule has 0 saturated heterocycles. The smallest absolute Gasteiger partial charge is 0.0537 e. The average molecular weight is 925 g/mol. The van der Waals surface area contributed by atoms with E-state index in [-0.39, 0.29) is 28.6 Å². The molecule has 0 radical (unpaired) electrons. The Kier molecular flexibility index (Phi) is 9.90. The van der Waals surface area contributed by atoms with Crippen molar-refractivity contribution in [2.24, 2.45) is 11.8 Å². The van der Waals surface area contributed by atoms with Gasteiger partial charge in [0.2, 0.25) is 0 Å². The molecule has 346 valence electrons. The predicted molar refractivity (Wildman–Crippen MR) is 301 cm³/mol. The van der Waals surface area contributed by atoms with Gasteiger partial charge in [0.05, 0.1) is 5.52 Å². The summed E-state index contributed by atoms with van der Waals surface area (Å²) in [6.07, 6.45) is 24.9. The van der Waals surface area contributed by atoms with Crippen molar-refractivity contribution in [1.82, 2.24) is 4.57 Å². The van der Waals surface area contributed by atoms with Crippen LogP contribution in [-0.2, 0) is 17.3 Å². The first-order chi connectivity index (χ1) is 35.5. The minimum atomic E-state index is -0.363. The Labute approximate surface area is 424 Å². The van der Waals surface area contributed by atoms with E-state index in [9.17, 15) is 0 Å². The summed E-state index contributed by atoms with van der Waals surface area (Å²) in [5.74, 6) is 0.465. The minimum Gasteiger partial charge on any atom is -0.313 e. The molecule has 5 aliphatic carbocycles. The Morgan fingerprint density at radius 3 is 2.06 bits per heavy atom. The molecule has 0 aliphatic heterocycles. The van der Waals surface area contributed by atoms with Gasteiger partial charge in [-0.1, -0.05) is 214 Å². The SMILES string of the molecule is CC1(C)c2ccccc2-c2ccc(N(C3=CC4C(C=C3)c3c(-n5c6c(c7ccccc75)C=CCC6)cccc3C4(c3ccccc3)C3C=CC=CC3)c3ccc(-c4cccc(-c5ccccc5)c4)cc3)cc21. The number of anilines is 2. The standard InChI is InChI=1S/C70H56N2/c1-69(2)61-31-15-12-28-56(61)57-42-40-54(45-63(57)69)71(53-38-36-48(37-39-53)50-23-18-22-49(44-50)47-20-6-3-7-21-47)55-41-43-60-64(46-55)70(51-24-8-4-9-25-51,52-26-10-5-11-27-52)62-32-19-35-67(68(60)62)72-65-33-16-13-29-58(65)59-30-14-17-34-66(59)72/h3-16,18-26,28-33,35-46,52,60,64H,17,27,34H2,1-2H3. The molecule has 72 heavy (non-hydrogen) atoms. The van der Waals surface area contributed by atoms with Crippen molar-refractivity contribution in [2.45, 2.75) is 49.9 Å². The molecule has 8 aromatic carbocycles. The summed E-state index contributed by atoms with van der Waals surface area (Å²) in [6, 6.07) is 73.0. The Balaban J connectivity index is 0.975. The van der Waals surface area contributed by atoms with Crippen molar-refractivity contribution >= 4 is 28.4 Å². The van der Waals surface area contributed by atoms with E-state index < -0.39 is 0 Å². The van der Waals surface area contributed by atoms with Gasteiger partial charge in [0, 0.05) is 62.1 Å². The molecule has 1 aromatic heterocycles. The van der Waals surface area contributed by atoms with Crippen molar-refractivity contribution < 1.29 is 0 Å². The van der Waals surface area contributed by atoms with Crippen LogP contribution in [0.5, 0.6) is 0 Å². The molecule has 9 aromatic rings. The third kappa shape index (κ3) is 6.41. The highest BCUT2D eigenvalue weighted by Gasteiger charge is 2.57. The molecular formula is C70H56N2. The molecule has 0 saturated carbocycles. The normalized spacial score (nSPS) is 20.6. The van der Waals surface area contributed by atoms with E-state index in [1.165, 1.54) is 100 Å². The Morgan fingerprint density at radius 2 is 1.24 bits per heavy atom. The number of aromatic nitrogens is 1. The maximum Gasteiger partial charge on any atom is 0.0537 e. The summed E-state index contributed by atoms with van der Waals surface area (Å²) in [5.41, 5.74) is 22.9. The zero-order valence-corrected chi connectivity index (χ0v) is 40.9. The second kappa shape index (κ2) is 16.7. The molecule has 0 N–H and O–H groups in total. The van der Waals surface area contributed by atoms with Crippen molar-refractivity contribution in [2.75, 3.05) is 4.90 Å². The van der Waals surface area contributed by atoms with E-state index in [0.717, 1.165) is 24.9 Å². The summed E-state index contributed by atoms with van der Waals surface area (Å²) in [4.78, 5) is 2.55. The average Bonchev–Trinajstić information content (AvgIpc) is 4.03. The summed E-state index contributed by atoms with van der Waals surface area (Å²) >= 11 is 0. The van der Waals surface area contributed by atoms with Crippen LogP contribution in [-0.4, -0.2) is 4.57 Å². The molecule has 14 rings (SSSR count). The Morgan fingerprint density at radius 1 is 0.542 bits per heavy atom. The maximum absolute atomic E-state index is 2.68. The zero-order valence-electron chi connectivity index (χ0n) is 40.9. The molecule has 4 atom stereocenters. The van der Waals surface area contributed by atoms with Gasteiger partial charge in [-0.05, 0) is 135 Å². The molecule has 0 fully saturated rings. The van der Waals surface area contributed by atoms with Crippen LogP contribution in [0.2, 0.25) is 0 Å². The summed E-state index contributed by atoms with van der Waals surface area (Å²) in [6.45, 7) is 4.78. The highest BCUT2D eigenvalue weighted by molar-refractivity contribution is 5.94. The lowest BCUT2D eigenvalue weighted by molar-refractivity contribution is 0.299. The molecule has 4 unspecified atom stereocenters. The number of fused-ring (bicyclic) bond motifs is 9. The van der Waals surface area contributed by atoms with Crippen molar-refractivity contribution in [1.29, 1.82) is 0 Å². The minimum absolute atomic E-state index is 0.104. The van der Waals surface area contributed by atoms with Gasteiger partial charge in [-0.3, -0.25) is 0 Å². The largest absolute Gasteiger partial charge is 0.313 e. The van der Waals surface area contributed by atoms with Gasteiger partial charge in [-0.15, -0.1) is 0 Å². The first-order valence-corrected chi connectivity index (χ1v) is 26.0. The maximum atomic E-state index is 2.68. The van der Waals surface area contributed by atoms with Crippen molar-refractivity contribution in [3.8, 4) is 39.1 Å². The lowest BCUT2D eigenvalue weighted by Crippen LogP contribution is -2.41. The monoisotopic (exact) mass is 924 g/mol. The number of hydrogen-bond donors (Lipinski definition) is 0. The summed E-state index contributed by atoms with van der Waals surface area (Å²) in [7, 11) is 0. The van der Waals surface area contributed by atoms with Crippen LogP contribution in [0.25, 0.3) is 56.0 Å². The van der Waals surface area contributed by atoms with E-state index in [4.69, 9.17) is 0 Å². The van der Waals surface area contributed by atoms with Crippen LogP contribution in [0.4, 0.5) is 11.4 Å². The molecule has 0 amide bonds. The second-order valence-corrected chi connectivity index (χ2v) is 21.0. The number of para-hydroxylation sites is 1. The van der Waals surface area contributed by atoms with Gasteiger partial charge in [-0.25, -0.2) is 0 Å². The topological polar surface area (TPSA) is 8.17 Å². The van der Waals surface area contributed by atoms with Crippen LogP contribution in [0.15, 0.2) is 248 Å². The highest BCUT2D eigenvalue weighted by Crippen LogP contribution is 2.63. The van der Waals surface area contributed by atoms with Crippen molar-refractivity contribution in [3.63, 3.8) is 0 Å². The van der Waals surface area contributed by atoms with Crippen LogP contribution in [0.3, 0.4) is 0 Å². The molecule has 0 bridgehead atoms. The van der Waals surface area contributed by atoms with Crippen LogP contribution < -0.4 is 4.90 Å². The highest BCUT2D eigenvalue weighted by atomic mass is 15.1. The van der Waals surface area contributed by atoms with Crippen LogP contribution >= 0.6 is 0 Å². The fraction of sp³-hybridized carbons (Fsp3) is 0.143. The van der Waals surface area contributed by atoms with Crippen molar-refractivity contribution in [3.05, 3.63) is 288 Å². The van der Waals surface area contributed by atoms with Gasteiger partial charge in [0.1, 0.15) is 0 Å². The first-order valence-electron chi connectivity index (χ1n) is 26.0. The molecule has 2 heteroatoms. The molecular weight excluding hydrogens is 869 g/mol. The van der Waals surface area contributed by atoms with Crippen LogP contribution in [0.1, 0.15) is 71.7 Å². The van der Waals surface area contributed by atoms with Gasteiger partial charge < -0.3 is 9.47 Å². The van der Waals surface area contributed by atoms with Gasteiger partial charge in [-0.2, -0.15) is 0 Å². The van der Waals surface area contributed by atoms with E-state index in [1.54, 1.807) is 0 Å². The second-order valence-electron chi connectivity index (χ2n) is 21.0. The van der Waals surface area contributed by atoms with Gasteiger partial charge >= 0.3 is 0 Å². The zero-order chi connectivity index (χ0) is 48.0. The summed E-state index contributed by atoms with van der Waals surface area (Å²) < 4.78 is 2.64. The first kappa shape index (κ1) is 42.7. The van der Waals surface area contributed by atoms with E-state index >= 15 is 0 Å². The number of hydrogen-bond acceptors (Lipinski definition) is 1. The number of nitrogens with zero attached hydrogens (tertiary/aromatic N) is 2. The lowest BCUT2D eigenvalue weighted by Gasteiger charge is -2.44. The third-order valence-corrected chi connectivity index (χ3v) is 17.0. The lowest BCUT2D eigenvalue weighted by atomic mass is 9.58. The van der Waals surface area contributed by atoms with E-state index in [2.05, 4.69) is 272 Å². The van der Waals surface area contributed by atoms with Crippen LogP contribution in [0, 0.1) is 11.8 Å². The quantitative estimate of drug-likeness (QED) is 0.147. The number of benzene rings is 8. The summed E-state index contributed by atoms with van der Waals surface area (Å²) in [5, 5.41) is 1.33. The molecule has 2 nitrogen and oxygen atoms in total. The van der Waals surface area contributed by atoms with E-state index in [1.807, 2.05) is 0 Å². The molecule has 1 heterocycles. The van der Waals surface area contributed by atoms with E-state index in [0.29, 0.717) is 0 Å². The molecule has 5 aliphatic rings. The fourth-order valence-corrected chi connectivity index (χ4v) is 13.8. The third-order valence-electron chi connectivity index (χ3n) is 17.0. The number of allylic oxidation sites excluding steroid dienone is 8. The molecule has 0 spiro atoms. The Hall–Kier alpha value is -8.20. The Bertz CT molecular complexity index is 3760. The number of rotatable bonds is 8. The predicted octanol–water partition coefficient (Wildman–Crippen LogP) is 17.7. The van der Waals surface area contributed by atoms with Gasteiger partial charge in [0.25, 0.3) is 0 Å². The fourth-order valence-electron chi connectivity index (χ4n) is 13.8. The van der Waals surface area contributed by atoms with Gasteiger partial charge in [0.15, 0.2) is 0 Å².